The summed E-state index contributed by atoms with van der Waals surface area (Å²) >= 11 is 0. The van der Waals surface area contributed by atoms with E-state index in [1.54, 1.807) is 0 Å². The summed E-state index contributed by atoms with van der Waals surface area (Å²) in [7, 11) is 0. The number of nitrogens with one attached hydrogen (secondary N) is 1. The lowest BCUT2D eigenvalue weighted by molar-refractivity contribution is 0.252. The highest BCUT2D eigenvalue weighted by Crippen LogP contribution is 2.24. The zero-order valence-electron chi connectivity index (χ0n) is 11.2. The Morgan fingerprint density at radius 3 is 2.62 bits per heavy atom. The van der Waals surface area contributed by atoms with E-state index in [-0.39, 0.29) is 0 Å². The van der Waals surface area contributed by atoms with Crippen LogP contribution in [0.1, 0.15) is 38.8 Å². The second-order valence-electron chi connectivity index (χ2n) is 5.70. The fourth-order valence-corrected chi connectivity index (χ4v) is 1.41. The molecule has 1 N–H and O–H groups in total. The molecule has 0 radical (unpaired) electrons. The van der Waals surface area contributed by atoms with Crippen LogP contribution in [-0.4, -0.2) is 11.5 Å². The van der Waals surface area contributed by atoms with E-state index >= 15 is 0 Å². The first kappa shape index (κ1) is 13.2. The maximum absolute atomic E-state index is 4.15. The lowest BCUT2D eigenvalue weighted by Crippen LogP contribution is -2.29. The van der Waals surface area contributed by atoms with Gasteiger partial charge in [-0.2, -0.15) is 0 Å². The van der Waals surface area contributed by atoms with Crippen LogP contribution in [0.15, 0.2) is 18.5 Å². The van der Waals surface area contributed by atoms with Gasteiger partial charge in [-0.3, -0.25) is 4.98 Å². The zero-order valence-corrected chi connectivity index (χ0v) is 11.2. The van der Waals surface area contributed by atoms with Crippen molar-refractivity contribution < 1.29 is 0 Å². The second-order valence-corrected chi connectivity index (χ2v) is 5.70. The normalized spacial score (nSPS) is 13.8. The smallest absolute Gasteiger partial charge is 0.0315 e. The average molecular weight is 220 g/mol. The topological polar surface area (TPSA) is 24.9 Å². The van der Waals surface area contributed by atoms with E-state index < -0.39 is 0 Å². The monoisotopic (exact) mass is 220 g/mol. The van der Waals surface area contributed by atoms with Crippen molar-refractivity contribution in [3.63, 3.8) is 0 Å². The van der Waals surface area contributed by atoms with Gasteiger partial charge in [-0.15, -0.1) is 0 Å². The first-order valence-electron chi connectivity index (χ1n) is 6.01. The summed E-state index contributed by atoms with van der Waals surface area (Å²) in [6.45, 7) is 13.3. The van der Waals surface area contributed by atoms with Crippen LogP contribution in [0, 0.1) is 18.3 Å². The molecule has 0 aliphatic rings. The van der Waals surface area contributed by atoms with Gasteiger partial charge in [0.05, 0.1) is 0 Å². The Kier molecular flexibility index (Phi) is 4.48. The van der Waals surface area contributed by atoms with Gasteiger partial charge in [0.25, 0.3) is 0 Å². The fraction of sp³-hybridized carbons (Fsp3) is 0.643. The average Bonchev–Trinajstić information content (AvgIpc) is 2.19. The van der Waals surface area contributed by atoms with E-state index in [9.17, 15) is 0 Å². The third kappa shape index (κ3) is 3.93. The van der Waals surface area contributed by atoms with Gasteiger partial charge in [-0.25, -0.2) is 0 Å². The molecule has 1 unspecified atom stereocenters. The minimum atomic E-state index is 0.372. The van der Waals surface area contributed by atoms with Gasteiger partial charge in [-0.1, -0.05) is 27.7 Å². The summed E-state index contributed by atoms with van der Waals surface area (Å²) in [6.07, 6.45) is 3.79. The van der Waals surface area contributed by atoms with Crippen molar-refractivity contribution >= 4 is 0 Å². The second kappa shape index (κ2) is 5.44. The van der Waals surface area contributed by atoms with E-state index in [4.69, 9.17) is 0 Å². The molecule has 1 aromatic rings. The van der Waals surface area contributed by atoms with Crippen molar-refractivity contribution in [1.29, 1.82) is 0 Å². The maximum Gasteiger partial charge on any atom is 0.0315 e. The summed E-state index contributed by atoms with van der Waals surface area (Å²) in [5, 5.41) is 3.51. The lowest BCUT2D eigenvalue weighted by atomic mass is 9.82. The van der Waals surface area contributed by atoms with E-state index in [0.717, 1.165) is 13.1 Å². The molecule has 1 aromatic heterocycles. The number of hydrogen-bond donors (Lipinski definition) is 1. The SMILES string of the molecule is Cc1ccncc1CNCC(C)C(C)(C)C. The molecule has 90 valence electrons. The third-order valence-corrected chi connectivity index (χ3v) is 3.39. The first-order chi connectivity index (χ1) is 7.41. The largest absolute Gasteiger partial charge is 0.312 e. The molecule has 0 spiro atoms. The van der Waals surface area contributed by atoms with Gasteiger partial charge in [0.15, 0.2) is 0 Å². The summed E-state index contributed by atoms with van der Waals surface area (Å²) in [4.78, 5) is 4.15. The Balaban J connectivity index is 2.40. The highest BCUT2D eigenvalue weighted by atomic mass is 14.9. The van der Waals surface area contributed by atoms with Gasteiger partial charge in [0, 0.05) is 18.9 Å². The van der Waals surface area contributed by atoms with Crippen LogP contribution < -0.4 is 5.32 Å². The molecule has 0 bridgehead atoms. The Hall–Kier alpha value is -0.890. The maximum atomic E-state index is 4.15. The highest BCUT2D eigenvalue weighted by Gasteiger charge is 2.19. The Bertz CT molecular complexity index is 326. The summed E-state index contributed by atoms with van der Waals surface area (Å²) in [6, 6.07) is 2.06. The molecule has 0 aliphatic carbocycles. The van der Waals surface area contributed by atoms with E-state index in [1.807, 2.05) is 12.4 Å². The number of nitrogens with zero attached hydrogens (tertiary/aromatic N) is 1. The summed E-state index contributed by atoms with van der Waals surface area (Å²) in [5.41, 5.74) is 2.98. The van der Waals surface area contributed by atoms with Gasteiger partial charge in [0.2, 0.25) is 0 Å². The van der Waals surface area contributed by atoms with E-state index in [2.05, 4.69) is 51.0 Å². The van der Waals surface area contributed by atoms with E-state index in [1.165, 1.54) is 11.1 Å². The lowest BCUT2D eigenvalue weighted by Gasteiger charge is -2.27. The van der Waals surface area contributed by atoms with E-state index in [0.29, 0.717) is 11.3 Å². The standard InChI is InChI=1S/C14H24N2/c1-11-6-7-15-9-13(11)10-16-8-12(2)14(3,4)5/h6-7,9,12,16H,8,10H2,1-5H3. The third-order valence-electron chi connectivity index (χ3n) is 3.39. The van der Waals surface area contributed by atoms with Gasteiger partial charge < -0.3 is 5.32 Å². The molecule has 0 aliphatic heterocycles. The molecular weight excluding hydrogens is 196 g/mol. The van der Waals surface area contributed by atoms with Gasteiger partial charge in [-0.05, 0) is 42.0 Å². The van der Waals surface area contributed by atoms with Crippen LogP contribution in [0.2, 0.25) is 0 Å². The van der Waals surface area contributed by atoms with Crippen LogP contribution in [0.25, 0.3) is 0 Å². The van der Waals surface area contributed by atoms with Crippen molar-refractivity contribution in [2.45, 2.75) is 41.2 Å². The Labute approximate surface area is 99.5 Å². The highest BCUT2D eigenvalue weighted by molar-refractivity contribution is 5.20. The predicted octanol–water partition coefficient (Wildman–Crippen LogP) is 3.16. The van der Waals surface area contributed by atoms with Crippen LogP contribution in [-0.2, 0) is 6.54 Å². The van der Waals surface area contributed by atoms with Crippen LogP contribution in [0.3, 0.4) is 0 Å². The molecule has 0 fully saturated rings. The number of hydrogen-bond acceptors (Lipinski definition) is 2. The number of aromatic nitrogens is 1. The van der Waals surface area contributed by atoms with Crippen molar-refractivity contribution in [3.05, 3.63) is 29.6 Å². The number of pyridine rings is 1. The first-order valence-corrected chi connectivity index (χ1v) is 6.01. The van der Waals surface area contributed by atoms with Crippen LogP contribution in [0.5, 0.6) is 0 Å². The van der Waals surface area contributed by atoms with Crippen molar-refractivity contribution in [2.24, 2.45) is 11.3 Å². The summed E-state index contributed by atoms with van der Waals surface area (Å²) in [5.74, 6) is 0.671. The molecular formula is C14H24N2. The number of aryl methyl sites for hydroxylation is 1. The van der Waals surface area contributed by atoms with Crippen molar-refractivity contribution in [2.75, 3.05) is 6.54 Å². The molecule has 0 saturated carbocycles. The molecule has 0 aromatic carbocycles. The van der Waals surface area contributed by atoms with Crippen molar-refractivity contribution in [3.8, 4) is 0 Å². The predicted molar refractivity (Wildman–Crippen MR) is 69.3 cm³/mol. The van der Waals surface area contributed by atoms with Crippen LogP contribution >= 0.6 is 0 Å². The molecule has 1 rings (SSSR count). The Morgan fingerprint density at radius 1 is 1.38 bits per heavy atom. The Morgan fingerprint density at radius 2 is 2.06 bits per heavy atom. The number of rotatable bonds is 4. The molecule has 0 amide bonds. The fourth-order valence-electron chi connectivity index (χ4n) is 1.41. The summed E-state index contributed by atoms with van der Waals surface area (Å²) < 4.78 is 0. The quantitative estimate of drug-likeness (QED) is 0.843. The van der Waals surface area contributed by atoms with Crippen molar-refractivity contribution in [1.82, 2.24) is 10.3 Å². The van der Waals surface area contributed by atoms with Gasteiger partial charge in [0.1, 0.15) is 0 Å². The van der Waals surface area contributed by atoms with Gasteiger partial charge >= 0.3 is 0 Å². The molecule has 1 atom stereocenters. The minimum Gasteiger partial charge on any atom is -0.312 e. The molecule has 2 heteroatoms. The minimum absolute atomic E-state index is 0.372. The molecule has 1 heterocycles. The molecule has 0 saturated heterocycles. The molecule has 2 nitrogen and oxygen atoms in total. The van der Waals surface area contributed by atoms with Crippen LogP contribution in [0.4, 0.5) is 0 Å². The molecule has 16 heavy (non-hydrogen) atoms. The zero-order chi connectivity index (χ0) is 12.2.